The second kappa shape index (κ2) is 8.95. The van der Waals surface area contributed by atoms with Gasteiger partial charge in [0.15, 0.2) is 0 Å². The highest BCUT2D eigenvalue weighted by molar-refractivity contribution is 6.05. The average molecular weight is 376 g/mol. The first kappa shape index (κ1) is 19.3. The van der Waals surface area contributed by atoms with E-state index in [1.54, 1.807) is 24.3 Å². The summed E-state index contributed by atoms with van der Waals surface area (Å²) in [5.74, 6) is -0.867. The molecule has 0 aliphatic carbocycles. The van der Waals surface area contributed by atoms with Crippen molar-refractivity contribution in [2.45, 2.75) is 19.9 Å². The van der Waals surface area contributed by atoms with Crippen LogP contribution in [-0.4, -0.2) is 11.8 Å². The summed E-state index contributed by atoms with van der Waals surface area (Å²) in [7, 11) is 0. The number of benzene rings is 3. The highest BCUT2D eigenvalue weighted by atomic mass is 19.1. The Bertz CT molecular complexity index is 970. The number of carbonyl (C=O) groups excluding carboxylic acids is 2. The molecule has 0 fully saturated rings. The van der Waals surface area contributed by atoms with Gasteiger partial charge in [-0.1, -0.05) is 54.6 Å². The molecule has 0 saturated heterocycles. The van der Waals surface area contributed by atoms with Crippen LogP contribution in [0.3, 0.4) is 0 Å². The molecule has 5 heteroatoms. The van der Waals surface area contributed by atoms with Crippen LogP contribution in [0, 0.1) is 12.7 Å². The molecule has 0 spiro atoms. The normalized spacial score (nSPS) is 10.4. The third-order valence-corrected chi connectivity index (χ3v) is 4.35. The molecule has 3 rings (SSSR count). The van der Waals surface area contributed by atoms with Gasteiger partial charge in [0.1, 0.15) is 5.82 Å². The van der Waals surface area contributed by atoms with Crippen LogP contribution >= 0.6 is 0 Å². The zero-order valence-electron chi connectivity index (χ0n) is 15.5. The van der Waals surface area contributed by atoms with Gasteiger partial charge in [-0.25, -0.2) is 4.39 Å². The number of aryl methyl sites for hydroxylation is 1. The molecular formula is C23H21FN2O2. The van der Waals surface area contributed by atoms with E-state index in [0.717, 1.165) is 11.1 Å². The van der Waals surface area contributed by atoms with Crippen LogP contribution < -0.4 is 10.6 Å². The monoisotopic (exact) mass is 376 g/mol. The van der Waals surface area contributed by atoms with E-state index in [2.05, 4.69) is 10.6 Å². The van der Waals surface area contributed by atoms with E-state index in [4.69, 9.17) is 0 Å². The minimum atomic E-state index is -0.347. The highest BCUT2D eigenvalue weighted by Crippen LogP contribution is 2.20. The summed E-state index contributed by atoms with van der Waals surface area (Å²) in [5, 5.41) is 5.69. The molecule has 3 aromatic carbocycles. The fourth-order valence-electron chi connectivity index (χ4n) is 2.92. The maximum Gasteiger partial charge on any atom is 0.253 e. The van der Waals surface area contributed by atoms with Crippen LogP contribution in [0.1, 0.15) is 27.0 Å². The van der Waals surface area contributed by atoms with Gasteiger partial charge in [0, 0.05) is 6.54 Å². The van der Waals surface area contributed by atoms with E-state index in [0.29, 0.717) is 23.4 Å². The molecule has 0 aromatic heterocycles. The molecule has 4 nitrogen and oxygen atoms in total. The van der Waals surface area contributed by atoms with Gasteiger partial charge in [-0.2, -0.15) is 0 Å². The second-order valence-electron chi connectivity index (χ2n) is 6.52. The number of nitrogens with one attached hydrogen (secondary N) is 2. The lowest BCUT2D eigenvalue weighted by Gasteiger charge is -2.14. The van der Waals surface area contributed by atoms with Gasteiger partial charge in [-0.3, -0.25) is 9.59 Å². The molecule has 0 unspecified atom stereocenters. The number of hydrogen-bond donors (Lipinski definition) is 2. The van der Waals surface area contributed by atoms with Gasteiger partial charge in [0.25, 0.3) is 5.91 Å². The van der Waals surface area contributed by atoms with Crippen LogP contribution in [0.15, 0.2) is 72.8 Å². The van der Waals surface area contributed by atoms with E-state index in [9.17, 15) is 14.0 Å². The number of carbonyl (C=O) groups is 2. The Labute approximate surface area is 163 Å². The lowest BCUT2D eigenvalue weighted by molar-refractivity contribution is -0.115. The Morgan fingerprint density at radius 1 is 0.857 bits per heavy atom. The summed E-state index contributed by atoms with van der Waals surface area (Å²) < 4.78 is 13.0. The molecule has 0 saturated carbocycles. The van der Waals surface area contributed by atoms with Crippen molar-refractivity contribution < 1.29 is 14.0 Å². The standard InChI is InChI=1S/C23H21FN2O2/c1-16-6-5-9-20(26-21(27)14-17-10-12-19(24)13-11-17)22(16)23(28)25-15-18-7-3-2-4-8-18/h2-13H,14-15H2,1H3,(H,25,28)(H,26,27). The van der Waals surface area contributed by atoms with Crippen molar-refractivity contribution in [3.8, 4) is 0 Å². The number of amides is 2. The lowest BCUT2D eigenvalue weighted by atomic mass is 10.0. The third kappa shape index (κ3) is 5.04. The van der Waals surface area contributed by atoms with E-state index >= 15 is 0 Å². The fraction of sp³-hybridized carbons (Fsp3) is 0.130. The lowest BCUT2D eigenvalue weighted by Crippen LogP contribution is -2.26. The number of anilines is 1. The van der Waals surface area contributed by atoms with Gasteiger partial charge in [0.05, 0.1) is 17.7 Å². The molecule has 0 aliphatic rings. The van der Waals surface area contributed by atoms with Crippen molar-refractivity contribution in [2.75, 3.05) is 5.32 Å². The van der Waals surface area contributed by atoms with Crippen molar-refractivity contribution in [3.63, 3.8) is 0 Å². The van der Waals surface area contributed by atoms with E-state index in [1.165, 1.54) is 12.1 Å². The molecule has 2 amide bonds. The first-order chi connectivity index (χ1) is 13.5. The maximum absolute atomic E-state index is 13.0. The minimum absolute atomic E-state index is 0.0965. The van der Waals surface area contributed by atoms with Crippen molar-refractivity contribution in [3.05, 3.63) is 101 Å². The third-order valence-electron chi connectivity index (χ3n) is 4.35. The molecule has 0 atom stereocenters. The summed E-state index contributed by atoms with van der Waals surface area (Å²) in [4.78, 5) is 25.1. The largest absolute Gasteiger partial charge is 0.348 e. The first-order valence-electron chi connectivity index (χ1n) is 8.99. The highest BCUT2D eigenvalue weighted by Gasteiger charge is 2.16. The predicted octanol–water partition coefficient (Wildman–Crippen LogP) is 4.25. The summed E-state index contributed by atoms with van der Waals surface area (Å²) in [6.45, 7) is 2.23. The fourth-order valence-corrected chi connectivity index (χ4v) is 2.92. The van der Waals surface area contributed by atoms with Crippen molar-refractivity contribution in [1.29, 1.82) is 0 Å². The van der Waals surface area contributed by atoms with Crippen molar-refractivity contribution >= 4 is 17.5 Å². The van der Waals surface area contributed by atoms with Gasteiger partial charge >= 0.3 is 0 Å². The Balaban J connectivity index is 1.71. The smallest absolute Gasteiger partial charge is 0.253 e. The van der Waals surface area contributed by atoms with Crippen molar-refractivity contribution in [1.82, 2.24) is 5.32 Å². The Hall–Kier alpha value is -3.47. The molecule has 0 heterocycles. The molecule has 2 N–H and O–H groups in total. The summed E-state index contributed by atoms with van der Waals surface area (Å²) >= 11 is 0. The molecule has 0 aliphatic heterocycles. The molecule has 142 valence electrons. The first-order valence-corrected chi connectivity index (χ1v) is 8.99. The van der Waals surface area contributed by atoms with Crippen LogP contribution in [0.5, 0.6) is 0 Å². The van der Waals surface area contributed by atoms with Crippen LogP contribution in [-0.2, 0) is 17.8 Å². The molecule has 0 radical (unpaired) electrons. The predicted molar refractivity (Wildman–Crippen MR) is 108 cm³/mol. The quantitative estimate of drug-likeness (QED) is 0.676. The van der Waals surface area contributed by atoms with Gasteiger partial charge in [-0.15, -0.1) is 0 Å². The van der Waals surface area contributed by atoms with Gasteiger partial charge < -0.3 is 10.6 Å². The van der Waals surface area contributed by atoms with Crippen LogP contribution in [0.4, 0.5) is 10.1 Å². The summed E-state index contributed by atoms with van der Waals surface area (Å²) in [6.07, 6.45) is 0.0965. The molecule has 0 bridgehead atoms. The van der Waals surface area contributed by atoms with E-state index in [-0.39, 0.29) is 24.1 Å². The zero-order chi connectivity index (χ0) is 19.9. The Kier molecular flexibility index (Phi) is 6.17. The number of halogens is 1. The van der Waals surface area contributed by atoms with Crippen LogP contribution in [0.2, 0.25) is 0 Å². The molecule has 28 heavy (non-hydrogen) atoms. The Morgan fingerprint density at radius 2 is 1.57 bits per heavy atom. The maximum atomic E-state index is 13.0. The van der Waals surface area contributed by atoms with Crippen LogP contribution in [0.25, 0.3) is 0 Å². The topological polar surface area (TPSA) is 58.2 Å². The van der Waals surface area contributed by atoms with E-state index < -0.39 is 0 Å². The summed E-state index contributed by atoms with van der Waals surface area (Å²) in [5.41, 5.74) is 3.35. The number of hydrogen-bond acceptors (Lipinski definition) is 2. The SMILES string of the molecule is Cc1cccc(NC(=O)Cc2ccc(F)cc2)c1C(=O)NCc1ccccc1. The molecular weight excluding hydrogens is 355 g/mol. The summed E-state index contributed by atoms with van der Waals surface area (Å²) in [6, 6.07) is 20.7. The van der Waals surface area contributed by atoms with Crippen molar-refractivity contribution in [2.24, 2.45) is 0 Å². The number of rotatable bonds is 6. The minimum Gasteiger partial charge on any atom is -0.348 e. The van der Waals surface area contributed by atoms with Gasteiger partial charge in [-0.05, 0) is 41.8 Å². The second-order valence-corrected chi connectivity index (χ2v) is 6.52. The molecule has 3 aromatic rings. The zero-order valence-corrected chi connectivity index (χ0v) is 15.5. The Morgan fingerprint density at radius 3 is 2.29 bits per heavy atom. The average Bonchev–Trinajstić information content (AvgIpc) is 2.69. The van der Waals surface area contributed by atoms with Gasteiger partial charge in [0.2, 0.25) is 5.91 Å². The van der Waals surface area contributed by atoms with E-state index in [1.807, 2.05) is 43.3 Å².